The fraction of sp³-hybridized carbons (Fsp3) is 0.625. The minimum atomic E-state index is -0.0576. The van der Waals surface area contributed by atoms with Crippen LogP contribution in [0.3, 0.4) is 0 Å². The molecule has 3 heteroatoms. The summed E-state index contributed by atoms with van der Waals surface area (Å²) in [5.74, 6) is 0.797. The molecule has 1 aromatic rings. The van der Waals surface area contributed by atoms with Gasteiger partial charge in [0, 0.05) is 18.8 Å². The molecule has 106 valence electrons. The van der Waals surface area contributed by atoms with Crippen molar-refractivity contribution >= 4 is 5.97 Å². The Balaban J connectivity index is 2.40. The Bertz CT molecular complexity index is 374. The molecule has 0 radical (unpaired) electrons. The standard InChI is InChI=1S/C16H25NO2/c1-12(2)11-15(13(3)4)16(18)19-10-7-14-5-8-17-9-6-14/h5-6,8-9,12-13,15H,7,10-11H2,1-4H3. The quantitative estimate of drug-likeness (QED) is 0.707. The van der Waals surface area contributed by atoms with E-state index >= 15 is 0 Å². The minimum Gasteiger partial charge on any atom is -0.465 e. The van der Waals surface area contributed by atoms with Crippen molar-refractivity contribution in [2.24, 2.45) is 17.8 Å². The van der Waals surface area contributed by atoms with Gasteiger partial charge in [-0.25, -0.2) is 0 Å². The monoisotopic (exact) mass is 263 g/mol. The number of nitrogens with zero attached hydrogens (tertiary/aromatic N) is 1. The number of ether oxygens (including phenoxy) is 1. The summed E-state index contributed by atoms with van der Waals surface area (Å²) in [5, 5.41) is 0. The second kappa shape index (κ2) is 7.93. The van der Waals surface area contributed by atoms with Crippen LogP contribution in [0.1, 0.15) is 39.7 Å². The third kappa shape index (κ3) is 5.86. The molecule has 0 aliphatic rings. The van der Waals surface area contributed by atoms with Crippen molar-refractivity contribution in [1.29, 1.82) is 0 Å². The number of rotatable bonds is 7. The molecule has 1 heterocycles. The van der Waals surface area contributed by atoms with Gasteiger partial charge < -0.3 is 4.74 Å². The van der Waals surface area contributed by atoms with Crippen molar-refractivity contribution in [1.82, 2.24) is 4.98 Å². The lowest BCUT2D eigenvalue weighted by atomic mass is 9.88. The van der Waals surface area contributed by atoms with E-state index in [0.29, 0.717) is 18.4 Å². The highest BCUT2D eigenvalue weighted by atomic mass is 16.5. The topological polar surface area (TPSA) is 39.2 Å². The molecule has 0 spiro atoms. The fourth-order valence-electron chi connectivity index (χ4n) is 2.07. The predicted molar refractivity (Wildman–Crippen MR) is 76.7 cm³/mol. The van der Waals surface area contributed by atoms with Crippen LogP contribution in [0.4, 0.5) is 0 Å². The van der Waals surface area contributed by atoms with Crippen LogP contribution in [0.15, 0.2) is 24.5 Å². The lowest BCUT2D eigenvalue weighted by Gasteiger charge is -2.21. The van der Waals surface area contributed by atoms with Crippen LogP contribution in [0.2, 0.25) is 0 Å². The third-order valence-electron chi connectivity index (χ3n) is 3.22. The second-order valence-electron chi connectivity index (χ2n) is 5.75. The average molecular weight is 263 g/mol. The number of hydrogen-bond donors (Lipinski definition) is 0. The van der Waals surface area contributed by atoms with E-state index in [1.165, 1.54) is 0 Å². The summed E-state index contributed by atoms with van der Waals surface area (Å²) >= 11 is 0. The normalized spacial score (nSPS) is 12.7. The lowest BCUT2D eigenvalue weighted by Crippen LogP contribution is -2.25. The summed E-state index contributed by atoms with van der Waals surface area (Å²) in [5.41, 5.74) is 1.15. The molecule has 0 aromatic carbocycles. The highest BCUT2D eigenvalue weighted by molar-refractivity contribution is 5.72. The molecule has 19 heavy (non-hydrogen) atoms. The molecule has 0 amide bonds. The summed E-state index contributed by atoms with van der Waals surface area (Å²) in [7, 11) is 0. The molecule has 0 bridgehead atoms. The van der Waals surface area contributed by atoms with Gasteiger partial charge in [0.15, 0.2) is 0 Å². The van der Waals surface area contributed by atoms with Gasteiger partial charge in [-0.05, 0) is 36.0 Å². The van der Waals surface area contributed by atoms with Crippen molar-refractivity contribution in [2.75, 3.05) is 6.61 Å². The number of esters is 1. The average Bonchev–Trinajstić information content (AvgIpc) is 2.36. The lowest BCUT2D eigenvalue weighted by molar-refractivity contribution is -0.150. The summed E-state index contributed by atoms with van der Waals surface area (Å²) in [6.45, 7) is 8.89. The van der Waals surface area contributed by atoms with E-state index in [2.05, 4.69) is 32.7 Å². The molecule has 1 rings (SSSR count). The Labute approximate surface area is 116 Å². The molecule has 1 unspecified atom stereocenters. The SMILES string of the molecule is CC(C)CC(C(=O)OCCc1ccncc1)C(C)C. The van der Waals surface area contributed by atoms with Gasteiger partial charge in [-0.15, -0.1) is 0 Å². The largest absolute Gasteiger partial charge is 0.465 e. The van der Waals surface area contributed by atoms with Crippen LogP contribution in [-0.2, 0) is 16.0 Å². The van der Waals surface area contributed by atoms with E-state index in [9.17, 15) is 4.79 Å². The van der Waals surface area contributed by atoms with E-state index in [1.54, 1.807) is 12.4 Å². The first-order valence-corrected chi connectivity index (χ1v) is 7.06. The van der Waals surface area contributed by atoms with Crippen molar-refractivity contribution in [2.45, 2.75) is 40.5 Å². The molecule has 3 nitrogen and oxygen atoms in total. The van der Waals surface area contributed by atoms with Crippen LogP contribution in [-0.4, -0.2) is 17.6 Å². The van der Waals surface area contributed by atoms with E-state index in [-0.39, 0.29) is 11.9 Å². The Morgan fingerprint density at radius 2 is 1.84 bits per heavy atom. The zero-order chi connectivity index (χ0) is 14.3. The summed E-state index contributed by atoms with van der Waals surface area (Å²) in [6.07, 6.45) is 5.16. The molecular weight excluding hydrogens is 238 g/mol. The van der Waals surface area contributed by atoms with Crippen molar-refractivity contribution in [3.63, 3.8) is 0 Å². The molecule has 0 aliphatic heterocycles. The van der Waals surface area contributed by atoms with Crippen molar-refractivity contribution in [3.05, 3.63) is 30.1 Å². The zero-order valence-electron chi connectivity index (χ0n) is 12.4. The molecule has 0 fully saturated rings. The first-order valence-electron chi connectivity index (χ1n) is 7.06. The summed E-state index contributed by atoms with van der Waals surface area (Å²) < 4.78 is 5.41. The number of carbonyl (C=O) groups is 1. The smallest absolute Gasteiger partial charge is 0.309 e. The van der Waals surface area contributed by atoms with Crippen LogP contribution in [0.5, 0.6) is 0 Å². The van der Waals surface area contributed by atoms with Crippen LogP contribution >= 0.6 is 0 Å². The maximum Gasteiger partial charge on any atom is 0.309 e. The summed E-state index contributed by atoms with van der Waals surface area (Å²) in [6, 6.07) is 3.89. The maximum atomic E-state index is 12.1. The molecule has 0 N–H and O–H groups in total. The Morgan fingerprint density at radius 3 is 2.37 bits per heavy atom. The van der Waals surface area contributed by atoms with Crippen LogP contribution in [0.25, 0.3) is 0 Å². The molecule has 1 atom stereocenters. The molecule has 1 aromatic heterocycles. The Hall–Kier alpha value is -1.38. The third-order valence-corrected chi connectivity index (χ3v) is 3.22. The Morgan fingerprint density at radius 1 is 1.21 bits per heavy atom. The molecule has 0 saturated heterocycles. The van der Waals surface area contributed by atoms with Gasteiger partial charge in [-0.2, -0.15) is 0 Å². The highest BCUT2D eigenvalue weighted by Gasteiger charge is 2.24. The first-order chi connectivity index (χ1) is 9.00. The Kier molecular flexibility index (Phi) is 6.54. The number of aromatic nitrogens is 1. The van der Waals surface area contributed by atoms with E-state index < -0.39 is 0 Å². The molecule has 0 saturated carbocycles. The van der Waals surface area contributed by atoms with E-state index in [1.807, 2.05) is 12.1 Å². The zero-order valence-corrected chi connectivity index (χ0v) is 12.4. The summed E-state index contributed by atoms with van der Waals surface area (Å²) in [4.78, 5) is 16.0. The number of carbonyl (C=O) groups excluding carboxylic acids is 1. The van der Waals surface area contributed by atoms with Gasteiger partial charge >= 0.3 is 5.97 Å². The number of pyridine rings is 1. The number of hydrogen-bond acceptors (Lipinski definition) is 3. The van der Waals surface area contributed by atoms with Gasteiger partial charge in [-0.1, -0.05) is 27.7 Å². The van der Waals surface area contributed by atoms with Gasteiger partial charge in [0.1, 0.15) is 0 Å². The predicted octanol–water partition coefficient (Wildman–Crippen LogP) is 3.49. The van der Waals surface area contributed by atoms with Crippen molar-refractivity contribution in [3.8, 4) is 0 Å². The van der Waals surface area contributed by atoms with E-state index in [4.69, 9.17) is 4.74 Å². The van der Waals surface area contributed by atoms with Gasteiger partial charge in [0.2, 0.25) is 0 Å². The van der Waals surface area contributed by atoms with Gasteiger partial charge in [0.25, 0.3) is 0 Å². The van der Waals surface area contributed by atoms with E-state index in [0.717, 1.165) is 18.4 Å². The van der Waals surface area contributed by atoms with Crippen molar-refractivity contribution < 1.29 is 9.53 Å². The molecule has 0 aliphatic carbocycles. The minimum absolute atomic E-state index is 0.0115. The highest BCUT2D eigenvalue weighted by Crippen LogP contribution is 2.21. The maximum absolute atomic E-state index is 12.1. The second-order valence-corrected chi connectivity index (χ2v) is 5.75. The van der Waals surface area contributed by atoms with Crippen LogP contribution < -0.4 is 0 Å². The molecular formula is C16H25NO2. The van der Waals surface area contributed by atoms with Gasteiger partial charge in [0.05, 0.1) is 12.5 Å². The van der Waals surface area contributed by atoms with Gasteiger partial charge in [-0.3, -0.25) is 9.78 Å². The fourth-order valence-corrected chi connectivity index (χ4v) is 2.07. The first kappa shape index (κ1) is 15.7. The van der Waals surface area contributed by atoms with Crippen LogP contribution in [0, 0.1) is 17.8 Å².